The lowest BCUT2D eigenvalue weighted by atomic mass is 9.91. The number of hydrogen-bond acceptors (Lipinski definition) is 3. The first-order valence-corrected chi connectivity index (χ1v) is 8.57. The molecule has 2 heterocycles. The van der Waals surface area contributed by atoms with Crippen molar-refractivity contribution in [2.45, 2.75) is 32.1 Å². The number of amides is 1. The van der Waals surface area contributed by atoms with E-state index in [1.807, 2.05) is 35.2 Å². The number of piperidine rings is 1. The number of carbonyl (C=O) groups excluding carboxylic acids is 1. The highest BCUT2D eigenvalue weighted by Gasteiger charge is 2.42. The van der Waals surface area contributed by atoms with Gasteiger partial charge in [0.05, 0.1) is 16.9 Å². The molecule has 1 aromatic heterocycles. The van der Waals surface area contributed by atoms with Crippen LogP contribution in [0.5, 0.6) is 0 Å². The number of nitrogens with two attached hydrogens (primary N) is 1. The van der Waals surface area contributed by atoms with Crippen molar-refractivity contribution < 1.29 is 4.79 Å². The van der Waals surface area contributed by atoms with Crippen molar-refractivity contribution in [3.05, 3.63) is 36.0 Å². The predicted molar refractivity (Wildman–Crippen MR) is 92.0 cm³/mol. The molecular weight excluding hydrogens is 286 g/mol. The highest BCUT2D eigenvalue weighted by atomic mass is 16.2. The van der Waals surface area contributed by atoms with E-state index < -0.39 is 0 Å². The van der Waals surface area contributed by atoms with Gasteiger partial charge in [0, 0.05) is 30.3 Å². The lowest BCUT2D eigenvalue weighted by molar-refractivity contribution is -0.133. The number of para-hydroxylation sites is 1. The lowest BCUT2D eigenvalue weighted by Gasteiger charge is -2.32. The maximum absolute atomic E-state index is 12.3. The van der Waals surface area contributed by atoms with Gasteiger partial charge in [0.25, 0.3) is 0 Å². The first kappa shape index (κ1) is 14.5. The Bertz CT molecular complexity index is 749. The molecule has 2 aromatic rings. The van der Waals surface area contributed by atoms with Gasteiger partial charge in [-0.3, -0.25) is 9.78 Å². The summed E-state index contributed by atoms with van der Waals surface area (Å²) in [4.78, 5) is 19.2. The second-order valence-corrected chi connectivity index (χ2v) is 7.07. The molecule has 4 nitrogen and oxygen atoms in total. The normalized spacial score (nSPS) is 24.8. The minimum absolute atomic E-state index is 0.287. The Hall–Kier alpha value is -2.10. The number of nitrogen functional groups attached to an aromatic ring is 1. The Morgan fingerprint density at radius 3 is 2.65 bits per heavy atom. The number of rotatable bonds is 2. The molecule has 2 N–H and O–H groups in total. The topological polar surface area (TPSA) is 59.2 Å². The van der Waals surface area contributed by atoms with Gasteiger partial charge in [-0.1, -0.05) is 25.1 Å². The molecule has 1 amide bonds. The van der Waals surface area contributed by atoms with Crippen LogP contribution in [0.4, 0.5) is 5.69 Å². The SMILES string of the molecule is C[C@H]1C[C@@H]1C(=O)N1CCC(c2nc3ccccc3cc2N)CC1. The number of aromatic nitrogens is 1. The first-order chi connectivity index (χ1) is 11.1. The summed E-state index contributed by atoms with van der Waals surface area (Å²) in [6.45, 7) is 3.83. The highest BCUT2D eigenvalue weighted by Crippen LogP contribution is 2.40. The largest absolute Gasteiger partial charge is 0.397 e. The Morgan fingerprint density at radius 2 is 1.96 bits per heavy atom. The average Bonchev–Trinajstić information content (AvgIpc) is 3.30. The smallest absolute Gasteiger partial charge is 0.225 e. The number of nitrogens with zero attached hydrogens (tertiary/aromatic N) is 2. The third kappa shape index (κ3) is 2.67. The number of carbonyl (C=O) groups is 1. The zero-order valence-corrected chi connectivity index (χ0v) is 13.5. The highest BCUT2D eigenvalue weighted by molar-refractivity contribution is 5.83. The van der Waals surface area contributed by atoms with Crippen LogP contribution in [-0.4, -0.2) is 28.9 Å². The molecule has 0 unspecified atom stereocenters. The van der Waals surface area contributed by atoms with Crippen molar-refractivity contribution >= 4 is 22.5 Å². The molecule has 0 bridgehead atoms. The van der Waals surface area contributed by atoms with Crippen molar-refractivity contribution in [1.82, 2.24) is 9.88 Å². The van der Waals surface area contributed by atoms with E-state index in [1.54, 1.807) is 0 Å². The minimum atomic E-state index is 0.287. The molecule has 0 radical (unpaired) electrons. The van der Waals surface area contributed by atoms with Crippen LogP contribution < -0.4 is 5.73 Å². The van der Waals surface area contributed by atoms with E-state index in [2.05, 4.69) is 6.92 Å². The second kappa shape index (κ2) is 5.52. The molecular formula is C19H23N3O. The van der Waals surface area contributed by atoms with E-state index >= 15 is 0 Å². The fourth-order valence-electron chi connectivity index (χ4n) is 3.75. The quantitative estimate of drug-likeness (QED) is 0.927. The van der Waals surface area contributed by atoms with Crippen molar-refractivity contribution in [2.75, 3.05) is 18.8 Å². The monoisotopic (exact) mass is 309 g/mol. The van der Waals surface area contributed by atoms with Crippen molar-refractivity contribution in [1.29, 1.82) is 0 Å². The maximum Gasteiger partial charge on any atom is 0.225 e. The Kier molecular flexibility index (Phi) is 3.47. The van der Waals surface area contributed by atoms with Gasteiger partial charge in [0.2, 0.25) is 5.91 Å². The first-order valence-electron chi connectivity index (χ1n) is 8.57. The number of fused-ring (bicyclic) bond motifs is 1. The van der Waals surface area contributed by atoms with Gasteiger partial charge >= 0.3 is 0 Å². The van der Waals surface area contributed by atoms with Crippen LogP contribution in [0.15, 0.2) is 30.3 Å². The summed E-state index contributed by atoms with van der Waals surface area (Å²) in [6.07, 6.45) is 2.99. The maximum atomic E-state index is 12.3. The molecule has 1 aliphatic heterocycles. The van der Waals surface area contributed by atoms with Gasteiger partial charge in [0.1, 0.15) is 0 Å². The molecule has 0 spiro atoms. The molecule has 120 valence electrons. The molecule has 2 fully saturated rings. The van der Waals surface area contributed by atoms with Crippen molar-refractivity contribution in [2.24, 2.45) is 11.8 Å². The fraction of sp³-hybridized carbons (Fsp3) is 0.474. The van der Waals surface area contributed by atoms with E-state index in [9.17, 15) is 4.79 Å². The Labute approximate surface area is 136 Å². The number of pyridine rings is 1. The van der Waals surface area contributed by atoms with Crippen molar-refractivity contribution in [3.8, 4) is 0 Å². The minimum Gasteiger partial charge on any atom is -0.397 e. The van der Waals surface area contributed by atoms with Crippen LogP contribution in [0.1, 0.15) is 37.8 Å². The third-order valence-corrected chi connectivity index (χ3v) is 5.40. The van der Waals surface area contributed by atoms with Gasteiger partial charge in [0.15, 0.2) is 0 Å². The number of anilines is 1. The summed E-state index contributed by atoms with van der Waals surface area (Å²) in [5.74, 6) is 1.59. The molecule has 2 aliphatic rings. The van der Waals surface area contributed by atoms with Crippen LogP contribution in [0.2, 0.25) is 0 Å². The zero-order valence-electron chi connectivity index (χ0n) is 13.5. The Morgan fingerprint density at radius 1 is 1.26 bits per heavy atom. The summed E-state index contributed by atoms with van der Waals surface area (Å²) in [5.41, 5.74) is 9.04. The van der Waals surface area contributed by atoms with Gasteiger partial charge in [-0.2, -0.15) is 0 Å². The summed E-state index contributed by atoms with van der Waals surface area (Å²) in [5, 5.41) is 1.09. The van der Waals surface area contributed by atoms with Crippen LogP contribution in [0, 0.1) is 11.8 Å². The summed E-state index contributed by atoms with van der Waals surface area (Å²) in [7, 11) is 0. The molecule has 1 saturated carbocycles. The molecule has 1 saturated heterocycles. The van der Waals surface area contributed by atoms with E-state index in [0.717, 1.165) is 54.6 Å². The number of benzene rings is 1. The molecule has 1 aliphatic carbocycles. The fourth-order valence-corrected chi connectivity index (χ4v) is 3.75. The third-order valence-electron chi connectivity index (χ3n) is 5.40. The number of hydrogen-bond donors (Lipinski definition) is 1. The predicted octanol–water partition coefficient (Wildman–Crippen LogP) is 3.18. The number of likely N-dealkylation sites (tertiary alicyclic amines) is 1. The van der Waals surface area contributed by atoms with Crippen LogP contribution >= 0.6 is 0 Å². The van der Waals surface area contributed by atoms with E-state index in [4.69, 9.17) is 10.7 Å². The lowest BCUT2D eigenvalue weighted by Crippen LogP contribution is -2.39. The van der Waals surface area contributed by atoms with E-state index in [1.165, 1.54) is 0 Å². The van der Waals surface area contributed by atoms with Gasteiger partial charge in [-0.05, 0) is 37.3 Å². The van der Waals surface area contributed by atoms with Crippen LogP contribution in [-0.2, 0) is 4.79 Å². The standard InChI is InChI=1S/C19H23N3O/c1-12-10-15(12)19(23)22-8-6-13(7-9-22)18-16(20)11-14-4-2-3-5-17(14)21-18/h2-5,11-13,15H,6-10,20H2,1H3/t12-,15-/m0/s1. The van der Waals surface area contributed by atoms with Gasteiger partial charge in [-0.15, -0.1) is 0 Å². The van der Waals surface area contributed by atoms with Crippen LogP contribution in [0.25, 0.3) is 10.9 Å². The van der Waals surface area contributed by atoms with Gasteiger partial charge in [-0.25, -0.2) is 0 Å². The second-order valence-electron chi connectivity index (χ2n) is 7.07. The molecule has 1 aromatic carbocycles. The summed E-state index contributed by atoms with van der Waals surface area (Å²) >= 11 is 0. The van der Waals surface area contributed by atoms with E-state index in [0.29, 0.717) is 17.7 Å². The van der Waals surface area contributed by atoms with Crippen molar-refractivity contribution in [3.63, 3.8) is 0 Å². The Balaban J connectivity index is 1.50. The molecule has 4 rings (SSSR count). The van der Waals surface area contributed by atoms with E-state index in [-0.39, 0.29) is 5.92 Å². The zero-order chi connectivity index (χ0) is 16.0. The summed E-state index contributed by atoms with van der Waals surface area (Å²) < 4.78 is 0. The van der Waals surface area contributed by atoms with Crippen LogP contribution in [0.3, 0.4) is 0 Å². The molecule has 2 atom stereocenters. The average molecular weight is 309 g/mol. The van der Waals surface area contributed by atoms with Gasteiger partial charge < -0.3 is 10.6 Å². The molecule has 23 heavy (non-hydrogen) atoms. The summed E-state index contributed by atoms with van der Waals surface area (Å²) in [6, 6.07) is 10.1. The molecule has 4 heteroatoms.